The van der Waals surface area contributed by atoms with Gasteiger partial charge in [-0.3, -0.25) is 0 Å². The van der Waals surface area contributed by atoms with Crippen molar-refractivity contribution in [3.63, 3.8) is 0 Å². The van der Waals surface area contributed by atoms with Crippen LogP contribution in [-0.4, -0.2) is 41.1 Å². The van der Waals surface area contributed by atoms with Gasteiger partial charge in [0.2, 0.25) is 0 Å². The number of carboxylic acids is 1. The van der Waals surface area contributed by atoms with Crippen molar-refractivity contribution >= 4 is 12.0 Å². The minimum absolute atomic E-state index is 0.170. The largest absolute Gasteiger partial charge is 0.480 e. The van der Waals surface area contributed by atoms with E-state index < -0.39 is 12.0 Å². The zero-order chi connectivity index (χ0) is 14.4. The lowest BCUT2D eigenvalue weighted by Crippen LogP contribution is -2.51. The Hall–Kier alpha value is -1.26. The van der Waals surface area contributed by atoms with Crippen LogP contribution in [0.1, 0.15) is 52.4 Å². The van der Waals surface area contributed by atoms with Gasteiger partial charge in [-0.05, 0) is 25.2 Å². The van der Waals surface area contributed by atoms with Gasteiger partial charge in [0.05, 0.1) is 0 Å². The molecular weight excluding hydrogens is 244 g/mol. The summed E-state index contributed by atoms with van der Waals surface area (Å²) in [5.74, 6) is -0.487. The Balaban J connectivity index is 2.59. The SMILES string of the molecule is CCC(C(=O)O)N(C)C(=O)NC1CCCCCC1C. The van der Waals surface area contributed by atoms with Gasteiger partial charge in [0.1, 0.15) is 6.04 Å². The summed E-state index contributed by atoms with van der Waals surface area (Å²) in [4.78, 5) is 24.5. The first kappa shape index (κ1) is 15.8. The Morgan fingerprint density at radius 3 is 2.53 bits per heavy atom. The highest BCUT2D eigenvalue weighted by atomic mass is 16.4. The molecule has 3 unspecified atom stereocenters. The molecule has 1 aliphatic rings. The molecule has 2 amide bonds. The number of nitrogens with zero attached hydrogens (tertiary/aromatic N) is 1. The van der Waals surface area contributed by atoms with Gasteiger partial charge in [0.25, 0.3) is 0 Å². The van der Waals surface area contributed by atoms with Crippen LogP contribution in [0.3, 0.4) is 0 Å². The van der Waals surface area contributed by atoms with Crippen molar-refractivity contribution in [2.45, 2.75) is 64.5 Å². The number of likely N-dealkylation sites (N-methyl/N-ethyl adjacent to an activating group) is 1. The Morgan fingerprint density at radius 1 is 1.32 bits per heavy atom. The average molecular weight is 270 g/mol. The monoisotopic (exact) mass is 270 g/mol. The first-order valence-corrected chi connectivity index (χ1v) is 7.23. The Kier molecular flexibility index (Phi) is 6.12. The van der Waals surface area contributed by atoms with Crippen LogP contribution >= 0.6 is 0 Å². The molecule has 0 aromatic carbocycles. The van der Waals surface area contributed by atoms with E-state index in [4.69, 9.17) is 5.11 Å². The molecule has 0 radical (unpaired) electrons. The van der Waals surface area contributed by atoms with Crippen molar-refractivity contribution < 1.29 is 14.7 Å². The minimum Gasteiger partial charge on any atom is -0.480 e. The van der Waals surface area contributed by atoms with Gasteiger partial charge in [0, 0.05) is 13.1 Å². The van der Waals surface area contributed by atoms with E-state index in [0.29, 0.717) is 12.3 Å². The Bertz CT molecular complexity index is 320. The van der Waals surface area contributed by atoms with Gasteiger partial charge in [-0.1, -0.05) is 33.1 Å². The zero-order valence-corrected chi connectivity index (χ0v) is 12.2. The van der Waals surface area contributed by atoms with Crippen molar-refractivity contribution in [1.82, 2.24) is 10.2 Å². The number of urea groups is 1. The molecule has 3 atom stereocenters. The third-order valence-corrected chi connectivity index (χ3v) is 4.13. The third-order valence-electron chi connectivity index (χ3n) is 4.13. The average Bonchev–Trinajstić information content (AvgIpc) is 2.55. The molecule has 0 saturated heterocycles. The van der Waals surface area contributed by atoms with Gasteiger partial charge < -0.3 is 15.3 Å². The molecule has 0 spiro atoms. The van der Waals surface area contributed by atoms with Crippen LogP contribution in [0.25, 0.3) is 0 Å². The second-order valence-corrected chi connectivity index (χ2v) is 5.54. The molecule has 0 bridgehead atoms. The zero-order valence-electron chi connectivity index (χ0n) is 12.2. The van der Waals surface area contributed by atoms with E-state index in [1.807, 2.05) is 0 Å². The highest BCUT2D eigenvalue weighted by Gasteiger charge is 2.28. The van der Waals surface area contributed by atoms with E-state index in [2.05, 4.69) is 12.2 Å². The van der Waals surface area contributed by atoms with Gasteiger partial charge in [-0.2, -0.15) is 0 Å². The van der Waals surface area contributed by atoms with E-state index in [-0.39, 0.29) is 12.1 Å². The lowest BCUT2D eigenvalue weighted by molar-refractivity contribution is -0.141. The predicted octanol–water partition coefficient (Wildman–Crippen LogP) is 2.46. The van der Waals surface area contributed by atoms with Crippen molar-refractivity contribution in [2.75, 3.05) is 7.05 Å². The molecule has 5 heteroatoms. The fraction of sp³-hybridized carbons (Fsp3) is 0.857. The lowest BCUT2D eigenvalue weighted by atomic mass is 9.97. The molecule has 0 aliphatic heterocycles. The number of hydrogen-bond acceptors (Lipinski definition) is 2. The van der Waals surface area contributed by atoms with Crippen LogP contribution in [0.2, 0.25) is 0 Å². The van der Waals surface area contributed by atoms with Crippen LogP contribution in [0.15, 0.2) is 0 Å². The van der Waals surface area contributed by atoms with Crippen LogP contribution in [0.4, 0.5) is 4.79 Å². The molecule has 1 rings (SSSR count). The second-order valence-electron chi connectivity index (χ2n) is 5.54. The fourth-order valence-electron chi connectivity index (χ4n) is 2.72. The topological polar surface area (TPSA) is 69.6 Å². The van der Waals surface area contributed by atoms with Gasteiger partial charge in [-0.25, -0.2) is 9.59 Å². The quantitative estimate of drug-likeness (QED) is 0.771. The first-order valence-electron chi connectivity index (χ1n) is 7.23. The maximum absolute atomic E-state index is 12.1. The number of aliphatic carboxylic acids is 1. The van der Waals surface area contributed by atoms with Gasteiger partial charge >= 0.3 is 12.0 Å². The molecule has 1 fully saturated rings. The molecule has 19 heavy (non-hydrogen) atoms. The molecule has 0 aromatic heterocycles. The summed E-state index contributed by atoms with van der Waals surface area (Å²) in [5, 5.41) is 12.1. The Morgan fingerprint density at radius 2 is 1.95 bits per heavy atom. The number of amides is 2. The van der Waals surface area contributed by atoms with Gasteiger partial charge in [-0.15, -0.1) is 0 Å². The maximum atomic E-state index is 12.1. The summed E-state index contributed by atoms with van der Waals surface area (Å²) in [7, 11) is 1.55. The van der Waals surface area contributed by atoms with Crippen LogP contribution in [-0.2, 0) is 4.79 Å². The molecular formula is C14H26N2O3. The van der Waals surface area contributed by atoms with E-state index in [1.165, 1.54) is 17.7 Å². The predicted molar refractivity (Wildman–Crippen MR) is 74.0 cm³/mol. The highest BCUT2D eigenvalue weighted by Crippen LogP contribution is 2.23. The maximum Gasteiger partial charge on any atom is 0.326 e. The second kappa shape index (κ2) is 7.36. The van der Waals surface area contributed by atoms with Crippen LogP contribution in [0.5, 0.6) is 0 Å². The van der Waals surface area contributed by atoms with Crippen molar-refractivity contribution in [2.24, 2.45) is 5.92 Å². The van der Waals surface area contributed by atoms with E-state index >= 15 is 0 Å². The van der Waals surface area contributed by atoms with Gasteiger partial charge in [0.15, 0.2) is 0 Å². The summed E-state index contributed by atoms with van der Waals surface area (Å²) in [6.45, 7) is 3.93. The van der Waals surface area contributed by atoms with Crippen molar-refractivity contribution in [1.29, 1.82) is 0 Å². The number of carbonyl (C=O) groups excluding carboxylic acids is 1. The first-order chi connectivity index (χ1) is 8.97. The Labute approximate surface area is 115 Å². The minimum atomic E-state index is -0.950. The summed E-state index contributed by atoms with van der Waals surface area (Å²) >= 11 is 0. The normalized spacial score (nSPS) is 25.2. The molecule has 110 valence electrons. The fourth-order valence-corrected chi connectivity index (χ4v) is 2.72. The van der Waals surface area contributed by atoms with E-state index in [9.17, 15) is 9.59 Å². The molecule has 2 N–H and O–H groups in total. The number of carboxylic acid groups (broad SMARTS) is 1. The number of rotatable bonds is 4. The standard InChI is InChI=1S/C14H26N2O3/c1-4-12(13(17)18)16(3)14(19)15-11-9-7-5-6-8-10(11)2/h10-12H,4-9H2,1-3H3,(H,15,19)(H,17,18). The summed E-state index contributed by atoms with van der Waals surface area (Å²) in [6.07, 6.45) is 6.11. The smallest absolute Gasteiger partial charge is 0.326 e. The number of carbonyl (C=O) groups is 2. The molecule has 1 aliphatic carbocycles. The van der Waals surface area contributed by atoms with Crippen LogP contribution in [0, 0.1) is 5.92 Å². The number of hydrogen-bond donors (Lipinski definition) is 2. The van der Waals surface area contributed by atoms with Crippen molar-refractivity contribution in [3.8, 4) is 0 Å². The highest BCUT2D eigenvalue weighted by molar-refractivity contribution is 5.82. The van der Waals surface area contributed by atoms with E-state index in [1.54, 1.807) is 14.0 Å². The summed E-state index contributed by atoms with van der Waals surface area (Å²) in [6, 6.07) is -0.849. The van der Waals surface area contributed by atoms with Crippen molar-refractivity contribution in [3.05, 3.63) is 0 Å². The lowest BCUT2D eigenvalue weighted by Gasteiger charge is -2.29. The molecule has 0 heterocycles. The van der Waals surface area contributed by atoms with E-state index in [0.717, 1.165) is 19.3 Å². The summed E-state index contributed by atoms with van der Waals surface area (Å²) in [5.41, 5.74) is 0. The molecule has 5 nitrogen and oxygen atoms in total. The third kappa shape index (κ3) is 4.40. The molecule has 0 aromatic rings. The molecule has 1 saturated carbocycles. The van der Waals surface area contributed by atoms with Crippen LogP contribution < -0.4 is 5.32 Å². The number of nitrogens with one attached hydrogen (secondary N) is 1. The summed E-state index contributed by atoms with van der Waals surface area (Å²) < 4.78 is 0.